The third-order valence-electron chi connectivity index (χ3n) is 6.73. The summed E-state index contributed by atoms with van der Waals surface area (Å²) in [6, 6.07) is 14.2. The molecule has 7 nitrogen and oxygen atoms in total. The molecule has 0 saturated carbocycles. The summed E-state index contributed by atoms with van der Waals surface area (Å²) in [5.41, 5.74) is 5.19. The standard InChI is InChI=1S/C27H27FN4O3S/c1-17-10-21-14-23(28)26(36(34,35)30-16-31(2)3)15-25(21)32(17)27(33)22-11-18-7-8-19(12-20(18)13-22)24-6-4-5-9-29-24/h4-9,12,14-17,22H,10-11,13H2,1-3H3/b30-16+/t17-,22-/m1/s1. The Balaban J connectivity index is 1.43. The molecule has 0 bridgehead atoms. The number of carbonyl (C=O) groups is 1. The largest absolute Gasteiger partial charge is 0.368 e. The summed E-state index contributed by atoms with van der Waals surface area (Å²) in [5, 5.41) is 0. The minimum atomic E-state index is -4.26. The van der Waals surface area contributed by atoms with Crippen molar-refractivity contribution >= 4 is 28.0 Å². The molecule has 1 aliphatic heterocycles. The van der Waals surface area contributed by atoms with Gasteiger partial charge >= 0.3 is 0 Å². The van der Waals surface area contributed by atoms with Crippen molar-refractivity contribution < 1.29 is 17.6 Å². The van der Waals surface area contributed by atoms with Crippen LogP contribution in [0.2, 0.25) is 0 Å². The predicted octanol–water partition coefficient (Wildman–Crippen LogP) is 3.86. The van der Waals surface area contributed by atoms with E-state index in [1.807, 2.05) is 31.2 Å². The summed E-state index contributed by atoms with van der Waals surface area (Å²) in [4.78, 5) is 20.7. The van der Waals surface area contributed by atoms with Gasteiger partial charge in [-0.05, 0) is 73.2 Å². The number of fused-ring (bicyclic) bond motifs is 2. The second-order valence-corrected chi connectivity index (χ2v) is 11.2. The number of amides is 1. The average molecular weight is 507 g/mol. The molecule has 5 rings (SSSR count). The summed E-state index contributed by atoms with van der Waals surface area (Å²) < 4.78 is 43.8. The normalized spacial score (nSPS) is 18.9. The van der Waals surface area contributed by atoms with Gasteiger partial charge in [-0.25, -0.2) is 4.39 Å². The lowest BCUT2D eigenvalue weighted by Crippen LogP contribution is -2.40. The number of hydrogen-bond donors (Lipinski definition) is 0. The van der Waals surface area contributed by atoms with E-state index in [0.29, 0.717) is 30.5 Å². The summed E-state index contributed by atoms with van der Waals surface area (Å²) in [5.74, 6) is -1.21. The first-order chi connectivity index (χ1) is 17.1. The van der Waals surface area contributed by atoms with E-state index in [1.54, 1.807) is 25.2 Å². The lowest BCUT2D eigenvalue weighted by atomic mass is 10.0. The quantitative estimate of drug-likeness (QED) is 0.388. The van der Waals surface area contributed by atoms with Gasteiger partial charge in [-0.2, -0.15) is 8.42 Å². The molecule has 0 unspecified atom stereocenters. The van der Waals surface area contributed by atoms with E-state index in [1.165, 1.54) is 17.0 Å². The Morgan fingerprint density at radius 3 is 2.58 bits per heavy atom. The monoisotopic (exact) mass is 506 g/mol. The molecular formula is C27H27FN4O3S. The molecular weight excluding hydrogens is 479 g/mol. The predicted molar refractivity (Wildman–Crippen MR) is 137 cm³/mol. The minimum absolute atomic E-state index is 0.0800. The highest BCUT2D eigenvalue weighted by Gasteiger charge is 2.39. The topological polar surface area (TPSA) is 82.9 Å². The van der Waals surface area contributed by atoms with Crippen LogP contribution in [0.15, 0.2) is 64.0 Å². The van der Waals surface area contributed by atoms with Crippen LogP contribution < -0.4 is 4.90 Å². The molecule has 1 amide bonds. The van der Waals surface area contributed by atoms with Gasteiger partial charge in [0, 0.05) is 43.5 Å². The number of rotatable bonds is 5. The number of sulfonamides is 1. The summed E-state index contributed by atoms with van der Waals surface area (Å²) in [6.45, 7) is 1.90. The van der Waals surface area contributed by atoms with Gasteiger partial charge in [-0.3, -0.25) is 9.78 Å². The minimum Gasteiger partial charge on any atom is -0.368 e. The number of aromatic nitrogens is 1. The van der Waals surface area contributed by atoms with E-state index < -0.39 is 20.7 Å². The van der Waals surface area contributed by atoms with Crippen LogP contribution in [0.5, 0.6) is 0 Å². The first kappa shape index (κ1) is 24.1. The van der Waals surface area contributed by atoms with Crippen molar-refractivity contribution in [1.29, 1.82) is 0 Å². The molecule has 0 saturated heterocycles. The molecule has 9 heteroatoms. The zero-order valence-corrected chi connectivity index (χ0v) is 21.2. The van der Waals surface area contributed by atoms with Gasteiger partial charge in [-0.1, -0.05) is 18.2 Å². The second kappa shape index (κ2) is 9.13. The summed E-state index contributed by atoms with van der Waals surface area (Å²) in [6.07, 6.45) is 4.52. The van der Waals surface area contributed by atoms with Crippen LogP contribution >= 0.6 is 0 Å². The summed E-state index contributed by atoms with van der Waals surface area (Å²) in [7, 11) is -1.01. The third-order valence-corrected chi connectivity index (χ3v) is 7.97. The Morgan fingerprint density at radius 2 is 1.86 bits per heavy atom. The number of benzene rings is 2. The maximum Gasteiger partial charge on any atom is 0.286 e. The first-order valence-electron chi connectivity index (χ1n) is 11.8. The van der Waals surface area contributed by atoms with Gasteiger partial charge in [0.25, 0.3) is 10.0 Å². The third kappa shape index (κ3) is 4.39. The highest BCUT2D eigenvalue weighted by atomic mass is 32.2. The van der Waals surface area contributed by atoms with Crippen LogP contribution in [0.25, 0.3) is 11.3 Å². The zero-order valence-electron chi connectivity index (χ0n) is 20.3. The van der Waals surface area contributed by atoms with Crippen molar-refractivity contribution in [3.63, 3.8) is 0 Å². The fraction of sp³-hybridized carbons (Fsp3) is 0.296. The van der Waals surface area contributed by atoms with Crippen LogP contribution in [-0.2, 0) is 34.1 Å². The lowest BCUT2D eigenvalue weighted by Gasteiger charge is -2.26. The van der Waals surface area contributed by atoms with Gasteiger partial charge in [-0.15, -0.1) is 4.40 Å². The molecule has 3 aromatic rings. The number of halogens is 1. The van der Waals surface area contributed by atoms with Crippen LogP contribution in [0.1, 0.15) is 23.6 Å². The van der Waals surface area contributed by atoms with E-state index >= 15 is 0 Å². The molecule has 0 fully saturated rings. The van der Waals surface area contributed by atoms with E-state index in [4.69, 9.17) is 0 Å². The van der Waals surface area contributed by atoms with Gasteiger partial charge < -0.3 is 9.80 Å². The van der Waals surface area contributed by atoms with Crippen LogP contribution in [0.4, 0.5) is 10.1 Å². The Labute approximate surface area is 210 Å². The fourth-order valence-corrected chi connectivity index (χ4v) is 6.04. The van der Waals surface area contributed by atoms with Crippen LogP contribution in [0, 0.1) is 11.7 Å². The first-order valence-corrected chi connectivity index (χ1v) is 13.2. The van der Waals surface area contributed by atoms with Crippen molar-refractivity contribution in [2.75, 3.05) is 19.0 Å². The summed E-state index contributed by atoms with van der Waals surface area (Å²) >= 11 is 0. The zero-order chi connectivity index (χ0) is 25.6. The Bertz CT molecular complexity index is 1470. The number of hydrogen-bond acceptors (Lipinski definition) is 4. The molecule has 186 valence electrons. The second-order valence-electron chi connectivity index (χ2n) is 9.64. The molecule has 0 radical (unpaired) electrons. The molecule has 36 heavy (non-hydrogen) atoms. The molecule has 1 aliphatic carbocycles. The van der Waals surface area contributed by atoms with Crippen LogP contribution in [-0.4, -0.2) is 50.7 Å². The molecule has 1 aromatic heterocycles. The Kier molecular flexibility index (Phi) is 6.12. The van der Waals surface area contributed by atoms with Crippen molar-refractivity contribution in [2.45, 2.75) is 37.1 Å². The van der Waals surface area contributed by atoms with Gasteiger partial charge in [0.2, 0.25) is 5.91 Å². The number of pyridine rings is 1. The lowest BCUT2D eigenvalue weighted by molar-refractivity contribution is -0.122. The van der Waals surface area contributed by atoms with E-state index in [9.17, 15) is 17.6 Å². The molecule has 0 spiro atoms. The maximum absolute atomic E-state index is 14.8. The van der Waals surface area contributed by atoms with Crippen LogP contribution in [0.3, 0.4) is 0 Å². The number of nitrogens with zero attached hydrogens (tertiary/aromatic N) is 4. The highest BCUT2D eigenvalue weighted by Crippen LogP contribution is 2.39. The van der Waals surface area contributed by atoms with Crippen molar-refractivity contribution in [3.8, 4) is 11.3 Å². The number of anilines is 1. The molecule has 2 aliphatic rings. The highest BCUT2D eigenvalue weighted by molar-refractivity contribution is 7.90. The molecule has 2 heterocycles. The average Bonchev–Trinajstić information content (AvgIpc) is 3.41. The van der Waals surface area contributed by atoms with Gasteiger partial charge in [0.15, 0.2) is 0 Å². The Hall–Kier alpha value is -3.59. The van der Waals surface area contributed by atoms with Gasteiger partial charge in [0.05, 0.1) is 5.69 Å². The maximum atomic E-state index is 14.8. The van der Waals surface area contributed by atoms with E-state index in [0.717, 1.165) is 28.7 Å². The van der Waals surface area contributed by atoms with E-state index in [-0.39, 0.29) is 17.9 Å². The van der Waals surface area contributed by atoms with Crippen molar-refractivity contribution in [3.05, 3.63) is 77.2 Å². The number of carbonyl (C=O) groups excluding carboxylic acids is 1. The van der Waals surface area contributed by atoms with Crippen molar-refractivity contribution in [2.24, 2.45) is 10.3 Å². The Morgan fingerprint density at radius 1 is 1.08 bits per heavy atom. The molecule has 0 N–H and O–H groups in total. The fourth-order valence-electron chi connectivity index (χ4n) is 5.05. The molecule has 2 atom stereocenters. The van der Waals surface area contributed by atoms with Crippen molar-refractivity contribution in [1.82, 2.24) is 9.88 Å². The van der Waals surface area contributed by atoms with E-state index in [2.05, 4.69) is 21.5 Å². The smallest absolute Gasteiger partial charge is 0.286 e. The SMILES string of the molecule is C[C@@H]1Cc2cc(F)c(S(=O)(=O)/N=C/N(C)C)cc2N1C(=O)[C@@H]1Cc2ccc(-c3ccccn3)cc2C1. The van der Waals surface area contributed by atoms with Gasteiger partial charge in [0.1, 0.15) is 17.1 Å². The molecule has 2 aromatic carbocycles.